The van der Waals surface area contributed by atoms with E-state index in [2.05, 4.69) is 36.7 Å². The smallest absolute Gasteiger partial charge is 0.309 e. The van der Waals surface area contributed by atoms with Crippen LogP contribution in [0.15, 0.2) is 11.6 Å². The molecule has 0 aromatic carbocycles. The second-order valence-corrected chi connectivity index (χ2v) is 13.5. The van der Waals surface area contributed by atoms with Gasteiger partial charge >= 0.3 is 11.9 Å². The summed E-state index contributed by atoms with van der Waals surface area (Å²) in [5, 5.41) is 9.36. The van der Waals surface area contributed by atoms with Gasteiger partial charge in [0.05, 0.1) is 13.0 Å². The molecule has 200 valence electrons. The average Bonchev–Trinajstić information content (AvgIpc) is 3.03. The van der Waals surface area contributed by atoms with Gasteiger partial charge in [0, 0.05) is 34.4 Å². The number of aliphatic hydroxyl groups is 1. The van der Waals surface area contributed by atoms with Crippen LogP contribution in [-0.4, -0.2) is 51.8 Å². The fraction of sp³-hybridized carbons (Fsp3) is 0.786. The predicted octanol–water partition coefficient (Wildman–Crippen LogP) is 4.32. The minimum Gasteiger partial charge on any atom is -0.458 e. The van der Waals surface area contributed by atoms with E-state index in [0.29, 0.717) is 19.3 Å². The molecule has 0 unspecified atom stereocenters. The Balaban J connectivity index is 1.79. The Bertz CT molecular complexity index is 1010. The number of ether oxygens (including phenoxy) is 2. The SMILES string of the molecule is CC(=O)OCC(=O)[C@@]1(OC(=O)CCO)[C@@H](C)C[C@H]2[C@@H]3C[C@H](C)C4=CC(=O)CC[C@]4(C)[C@@]3(Br)CC[C@@]21C. The van der Waals surface area contributed by atoms with Crippen molar-refractivity contribution >= 4 is 39.4 Å². The van der Waals surface area contributed by atoms with E-state index >= 15 is 0 Å². The van der Waals surface area contributed by atoms with Gasteiger partial charge < -0.3 is 14.6 Å². The first kappa shape index (κ1) is 27.5. The van der Waals surface area contributed by atoms with Crippen molar-refractivity contribution in [2.24, 2.45) is 34.5 Å². The van der Waals surface area contributed by atoms with Gasteiger partial charge in [-0.15, -0.1) is 0 Å². The molecule has 8 heteroatoms. The Hall–Kier alpha value is -1.54. The van der Waals surface area contributed by atoms with Crippen molar-refractivity contribution in [1.82, 2.24) is 0 Å². The molecule has 0 aliphatic heterocycles. The Morgan fingerprint density at radius 1 is 1.11 bits per heavy atom. The molecule has 0 amide bonds. The van der Waals surface area contributed by atoms with Gasteiger partial charge in [-0.25, -0.2) is 0 Å². The molecule has 0 aromatic heterocycles. The van der Waals surface area contributed by atoms with Crippen LogP contribution in [0.4, 0.5) is 0 Å². The number of hydrogen-bond acceptors (Lipinski definition) is 7. The second-order valence-electron chi connectivity index (χ2n) is 12.1. The number of allylic oxidation sites excluding steroid dienone is 1. The summed E-state index contributed by atoms with van der Waals surface area (Å²) in [6.45, 7) is 8.94. The zero-order chi connectivity index (χ0) is 26.7. The van der Waals surface area contributed by atoms with Crippen molar-refractivity contribution < 1.29 is 33.8 Å². The minimum atomic E-state index is -1.43. The molecule has 36 heavy (non-hydrogen) atoms. The van der Waals surface area contributed by atoms with Crippen molar-refractivity contribution in [2.75, 3.05) is 13.2 Å². The summed E-state index contributed by atoms with van der Waals surface area (Å²) < 4.78 is 11.0. The highest BCUT2D eigenvalue weighted by Gasteiger charge is 2.74. The summed E-state index contributed by atoms with van der Waals surface area (Å²) >= 11 is 4.25. The number of rotatable bonds is 6. The van der Waals surface area contributed by atoms with Crippen LogP contribution >= 0.6 is 15.9 Å². The van der Waals surface area contributed by atoms with E-state index in [0.717, 1.165) is 19.3 Å². The number of fused-ring (bicyclic) bond motifs is 5. The lowest BCUT2D eigenvalue weighted by Crippen LogP contribution is -2.65. The third kappa shape index (κ3) is 3.76. The van der Waals surface area contributed by atoms with Crippen molar-refractivity contribution in [3.05, 3.63) is 11.6 Å². The van der Waals surface area contributed by atoms with E-state index in [1.807, 2.05) is 13.0 Å². The van der Waals surface area contributed by atoms with Crippen molar-refractivity contribution in [3.8, 4) is 0 Å². The summed E-state index contributed by atoms with van der Waals surface area (Å²) in [4.78, 5) is 50.5. The molecule has 1 N–H and O–H groups in total. The number of hydrogen-bond donors (Lipinski definition) is 1. The van der Waals surface area contributed by atoms with Gasteiger partial charge in [-0.3, -0.25) is 19.2 Å². The van der Waals surface area contributed by atoms with Crippen LogP contribution in [0.1, 0.15) is 79.6 Å². The molecule has 0 radical (unpaired) electrons. The van der Waals surface area contributed by atoms with Gasteiger partial charge in [-0.2, -0.15) is 0 Å². The van der Waals surface area contributed by atoms with Crippen LogP contribution < -0.4 is 0 Å². The monoisotopic (exact) mass is 566 g/mol. The minimum absolute atomic E-state index is 0.0854. The van der Waals surface area contributed by atoms with Crippen LogP contribution in [0.3, 0.4) is 0 Å². The Labute approximate surface area is 221 Å². The second kappa shape index (κ2) is 9.33. The van der Waals surface area contributed by atoms with Gasteiger partial charge in [-0.05, 0) is 55.9 Å². The summed E-state index contributed by atoms with van der Waals surface area (Å²) in [6.07, 6.45) is 6.01. The van der Waals surface area contributed by atoms with Crippen LogP contribution in [0, 0.1) is 34.5 Å². The van der Waals surface area contributed by atoms with Crippen LogP contribution in [0.5, 0.6) is 0 Å². The van der Waals surface area contributed by atoms with Crippen molar-refractivity contribution in [2.45, 2.75) is 89.5 Å². The molecule has 3 saturated carbocycles. The summed E-state index contributed by atoms with van der Waals surface area (Å²) in [6, 6.07) is 0. The predicted molar refractivity (Wildman–Crippen MR) is 136 cm³/mol. The lowest BCUT2D eigenvalue weighted by atomic mass is 9.44. The molecule has 0 bridgehead atoms. The number of esters is 2. The average molecular weight is 568 g/mol. The Morgan fingerprint density at radius 2 is 1.81 bits per heavy atom. The van der Waals surface area contributed by atoms with Crippen molar-refractivity contribution in [3.63, 3.8) is 0 Å². The maximum absolute atomic E-state index is 13.8. The summed E-state index contributed by atoms with van der Waals surface area (Å²) in [5.74, 6) is -1.11. The number of halogens is 1. The molecule has 0 heterocycles. The molecule has 4 aliphatic rings. The van der Waals surface area contributed by atoms with Gasteiger partial charge in [-0.1, -0.05) is 49.2 Å². The quantitative estimate of drug-likeness (QED) is 0.376. The Morgan fingerprint density at radius 3 is 2.44 bits per heavy atom. The topological polar surface area (TPSA) is 107 Å². The lowest BCUT2D eigenvalue weighted by Gasteiger charge is -2.64. The number of carbonyl (C=O) groups is 4. The van der Waals surface area contributed by atoms with E-state index in [-0.39, 0.29) is 58.0 Å². The molecule has 8 atom stereocenters. The summed E-state index contributed by atoms with van der Waals surface area (Å²) in [5.41, 5.74) is -1.03. The molecule has 4 rings (SSSR count). The highest BCUT2D eigenvalue weighted by Crippen LogP contribution is 2.73. The van der Waals surface area contributed by atoms with Crippen LogP contribution in [0.25, 0.3) is 0 Å². The number of alkyl halides is 1. The fourth-order valence-electron chi connectivity index (χ4n) is 8.63. The summed E-state index contributed by atoms with van der Waals surface area (Å²) in [7, 11) is 0. The van der Waals surface area contributed by atoms with E-state index in [4.69, 9.17) is 9.47 Å². The van der Waals surface area contributed by atoms with E-state index < -0.39 is 29.6 Å². The van der Waals surface area contributed by atoms with Gasteiger partial charge in [0.15, 0.2) is 18.0 Å². The third-order valence-corrected chi connectivity index (χ3v) is 12.2. The standard InChI is InChI=1S/C28H39BrO7/c1-16-12-22-21-13-17(2)28(36-24(34)7-11-30,23(33)15-35-18(3)31)26(21,5)9-10-27(22,29)25(4)8-6-19(32)14-20(16)25/h14,16-17,21-22,30H,6-13,15H2,1-5H3/t16-,17-,21-,22-,25-,26-,27+,28-/m0/s1. The van der Waals surface area contributed by atoms with Gasteiger partial charge in [0.25, 0.3) is 0 Å². The molecule has 3 fully saturated rings. The van der Waals surface area contributed by atoms with Gasteiger partial charge in [0.2, 0.25) is 5.78 Å². The first-order valence-electron chi connectivity index (χ1n) is 13.2. The highest BCUT2D eigenvalue weighted by atomic mass is 79.9. The Kier molecular flexibility index (Phi) is 7.13. The lowest BCUT2D eigenvalue weighted by molar-refractivity contribution is -0.197. The molecule has 0 spiro atoms. The zero-order valence-corrected chi connectivity index (χ0v) is 23.6. The van der Waals surface area contributed by atoms with E-state index in [1.54, 1.807) is 0 Å². The van der Waals surface area contributed by atoms with Crippen LogP contribution in [0.2, 0.25) is 0 Å². The molecule has 7 nitrogen and oxygen atoms in total. The largest absolute Gasteiger partial charge is 0.458 e. The van der Waals surface area contributed by atoms with Gasteiger partial charge in [0.1, 0.15) is 0 Å². The van der Waals surface area contributed by atoms with Crippen molar-refractivity contribution in [1.29, 1.82) is 0 Å². The number of Topliss-reactive ketones (excluding diaryl/α,β-unsaturated/α-hetero) is 1. The molecule has 4 aliphatic carbocycles. The maximum Gasteiger partial charge on any atom is 0.309 e. The first-order valence-corrected chi connectivity index (χ1v) is 14.0. The third-order valence-electron chi connectivity index (χ3n) is 10.3. The number of aliphatic hydroxyl groups excluding tert-OH is 1. The first-order chi connectivity index (χ1) is 16.8. The highest BCUT2D eigenvalue weighted by molar-refractivity contribution is 9.10. The molecule has 0 aromatic rings. The maximum atomic E-state index is 13.8. The fourth-order valence-corrected chi connectivity index (χ4v) is 9.77. The van der Waals surface area contributed by atoms with E-state index in [1.165, 1.54) is 12.5 Å². The number of ketones is 2. The number of carbonyl (C=O) groups excluding carboxylic acids is 4. The molecular formula is C28H39BrO7. The molecule has 0 saturated heterocycles. The van der Waals surface area contributed by atoms with E-state index in [9.17, 15) is 24.3 Å². The van der Waals surface area contributed by atoms with Crippen LogP contribution in [-0.2, 0) is 28.7 Å². The zero-order valence-electron chi connectivity index (χ0n) is 22.0. The normalized spacial score (nSPS) is 43.5. The molecular weight excluding hydrogens is 528 g/mol.